The first-order valence-corrected chi connectivity index (χ1v) is 11.6. The van der Waals surface area contributed by atoms with Crippen molar-refractivity contribution in [2.45, 2.75) is 19.4 Å². The van der Waals surface area contributed by atoms with Gasteiger partial charge in [0.1, 0.15) is 11.3 Å². The monoisotopic (exact) mass is 460 g/mol. The summed E-state index contributed by atoms with van der Waals surface area (Å²) in [7, 11) is 0. The standard InChI is InChI=1S/C26H28N4O4/c1-18-22(29-12-6-5-10-20(29)27-18)24(31)21-23(19-8-3-2-4-9-19)30(26(33)25(21)32)13-7-11-28-14-16-34-17-15-28/h2-6,8-10,12,23,31H,7,11,13-17H2,1H3/b24-21+/t23-/m1/s1. The fourth-order valence-electron chi connectivity index (χ4n) is 4.91. The van der Waals surface area contributed by atoms with Gasteiger partial charge in [0, 0.05) is 32.4 Å². The highest BCUT2D eigenvalue weighted by Crippen LogP contribution is 2.40. The van der Waals surface area contributed by atoms with E-state index >= 15 is 0 Å². The van der Waals surface area contributed by atoms with Crippen molar-refractivity contribution >= 4 is 23.1 Å². The third kappa shape index (κ3) is 3.99. The molecular formula is C26H28N4O4. The number of aliphatic hydroxyl groups is 1. The molecule has 2 saturated heterocycles. The number of aryl methyl sites for hydroxylation is 1. The summed E-state index contributed by atoms with van der Waals surface area (Å²) in [5, 5.41) is 11.5. The molecule has 176 valence electrons. The number of Topliss-reactive ketones (excluding diaryl/α,β-unsaturated/α-hetero) is 1. The molecule has 0 spiro atoms. The van der Waals surface area contributed by atoms with E-state index in [4.69, 9.17) is 4.74 Å². The van der Waals surface area contributed by atoms with Gasteiger partial charge in [-0.05, 0) is 31.0 Å². The molecule has 2 aliphatic rings. The molecule has 1 amide bonds. The number of hydrogen-bond acceptors (Lipinski definition) is 6. The molecule has 34 heavy (non-hydrogen) atoms. The quantitative estimate of drug-likeness (QED) is 0.346. The summed E-state index contributed by atoms with van der Waals surface area (Å²) in [6, 6.07) is 14.3. The van der Waals surface area contributed by atoms with Crippen molar-refractivity contribution < 1.29 is 19.4 Å². The average molecular weight is 461 g/mol. The van der Waals surface area contributed by atoms with Gasteiger partial charge in [0.25, 0.3) is 11.7 Å². The van der Waals surface area contributed by atoms with Crippen molar-refractivity contribution in [1.29, 1.82) is 0 Å². The van der Waals surface area contributed by atoms with E-state index in [1.165, 1.54) is 0 Å². The summed E-state index contributed by atoms with van der Waals surface area (Å²) in [5.74, 6) is -1.44. The van der Waals surface area contributed by atoms with Gasteiger partial charge in [-0.2, -0.15) is 0 Å². The number of hydrogen-bond donors (Lipinski definition) is 1. The first-order valence-electron chi connectivity index (χ1n) is 11.6. The summed E-state index contributed by atoms with van der Waals surface area (Å²) in [5.41, 5.74) is 2.59. The van der Waals surface area contributed by atoms with Gasteiger partial charge < -0.3 is 14.7 Å². The number of rotatable bonds is 6. The average Bonchev–Trinajstić information content (AvgIpc) is 3.33. The number of nitrogens with zero attached hydrogens (tertiary/aromatic N) is 4. The van der Waals surface area contributed by atoms with Gasteiger partial charge in [-0.15, -0.1) is 0 Å². The number of carbonyl (C=O) groups excluding carboxylic acids is 2. The molecule has 1 N–H and O–H groups in total. The molecule has 2 aromatic heterocycles. The Morgan fingerprint density at radius 1 is 1.06 bits per heavy atom. The Hall–Kier alpha value is -3.49. The molecule has 2 fully saturated rings. The number of aromatic nitrogens is 2. The highest BCUT2D eigenvalue weighted by atomic mass is 16.5. The zero-order valence-electron chi connectivity index (χ0n) is 19.2. The molecule has 0 radical (unpaired) electrons. The molecule has 8 nitrogen and oxygen atoms in total. The number of ether oxygens (including phenoxy) is 1. The van der Waals surface area contributed by atoms with E-state index in [-0.39, 0.29) is 11.3 Å². The van der Waals surface area contributed by atoms with Gasteiger partial charge in [-0.3, -0.25) is 18.9 Å². The van der Waals surface area contributed by atoms with Gasteiger partial charge in [-0.1, -0.05) is 36.4 Å². The Morgan fingerprint density at radius 3 is 2.56 bits per heavy atom. The van der Waals surface area contributed by atoms with Crippen LogP contribution in [0.1, 0.15) is 29.4 Å². The van der Waals surface area contributed by atoms with E-state index in [1.54, 1.807) is 22.4 Å². The SMILES string of the molecule is Cc1nc2ccccn2c1/C(O)=C1\C(=O)C(=O)N(CCCN2CCOCC2)[C@@H]1c1ccccc1. The van der Waals surface area contributed by atoms with Crippen molar-refractivity contribution in [3.8, 4) is 0 Å². The number of morpholine rings is 1. The predicted molar refractivity (Wildman–Crippen MR) is 127 cm³/mol. The lowest BCUT2D eigenvalue weighted by Crippen LogP contribution is -2.38. The van der Waals surface area contributed by atoms with Crippen LogP contribution in [0.4, 0.5) is 0 Å². The van der Waals surface area contributed by atoms with E-state index in [1.807, 2.05) is 48.5 Å². The third-order valence-electron chi connectivity index (χ3n) is 6.56. The largest absolute Gasteiger partial charge is 0.505 e. The van der Waals surface area contributed by atoms with Crippen molar-refractivity contribution in [2.24, 2.45) is 0 Å². The van der Waals surface area contributed by atoms with Crippen LogP contribution in [0.25, 0.3) is 11.4 Å². The number of fused-ring (bicyclic) bond motifs is 1. The zero-order chi connectivity index (χ0) is 23.7. The maximum atomic E-state index is 13.3. The summed E-state index contributed by atoms with van der Waals surface area (Å²) in [4.78, 5) is 34.9. The summed E-state index contributed by atoms with van der Waals surface area (Å²) in [6.45, 7) is 6.20. The first kappa shape index (κ1) is 22.3. The number of pyridine rings is 1. The molecule has 2 aliphatic heterocycles. The third-order valence-corrected chi connectivity index (χ3v) is 6.56. The van der Waals surface area contributed by atoms with Crippen LogP contribution in [0.15, 0.2) is 60.3 Å². The Kier molecular flexibility index (Phi) is 6.17. The van der Waals surface area contributed by atoms with Crippen LogP contribution in [-0.4, -0.2) is 75.4 Å². The van der Waals surface area contributed by atoms with E-state index in [0.29, 0.717) is 36.8 Å². The Balaban J connectivity index is 1.53. The topological polar surface area (TPSA) is 87.4 Å². The van der Waals surface area contributed by atoms with Crippen LogP contribution >= 0.6 is 0 Å². The number of likely N-dealkylation sites (tertiary alicyclic amines) is 1. The molecular weight excluding hydrogens is 432 g/mol. The first-order chi connectivity index (χ1) is 16.6. The molecule has 4 heterocycles. The zero-order valence-corrected chi connectivity index (χ0v) is 19.2. The molecule has 1 atom stereocenters. The Morgan fingerprint density at radius 2 is 1.79 bits per heavy atom. The molecule has 0 unspecified atom stereocenters. The molecule has 8 heteroatoms. The number of imidazole rings is 1. The normalized spacial score (nSPS) is 21.0. The van der Waals surface area contributed by atoms with Gasteiger partial charge in [0.2, 0.25) is 0 Å². The van der Waals surface area contributed by atoms with Crippen LogP contribution in [0, 0.1) is 6.92 Å². The molecule has 0 aliphatic carbocycles. The Bertz CT molecular complexity index is 1240. The number of carbonyl (C=O) groups is 2. The van der Waals surface area contributed by atoms with Gasteiger partial charge in [0.15, 0.2) is 5.76 Å². The second kappa shape index (κ2) is 9.40. The minimum Gasteiger partial charge on any atom is -0.505 e. The molecule has 0 saturated carbocycles. The molecule has 5 rings (SSSR count). The maximum Gasteiger partial charge on any atom is 0.295 e. The van der Waals surface area contributed by atoms with Crippen molar-refractivity contribution in [3.05, 3.63) is 77.3 Å². The fourth-order valence-corrected chi connectivity index (χ4v) is 4.91. The molecule has 0 bridgehead atoms. The predicted octanol–water partition coefficient (Wildman–Crippen LogP) is 2.79. The van der Waals surface area contributed by atoms with Gasteiger partial charge in [0.05, 0.1) is 30.5 Å². The smallest absolute Gasteiger partial charge is 0.295 e. The summed E-state index contributed by atoms with van der Waals surface area (Å²) in [6.07, 6.45) is 2.52. The highest BCUT2D eigenvalue weighted by Gasteiger charge is 2.46. The van der Waals surface area contributed by atoms with Crippen LogP contribution in [0.3, 0.4) is 0 Å². The van der Waals surface area contributed by atoms with Crippen molar-refractivity contribution in [1.82, 2.24) is 19.2 Å². The van der Waals surface area contributed by atoms with E-state index in [0.717, 1.165) is 31.6 Å². The van der Waals surface area contributed by atoms with Gasteiger partial charge in [-0.25, -0.2) is 4.98 Å². The second-order valence-corrected chi connectivity index (χ2v) is 8.69. The lowest BCUT2D eigenvalue weighted by atomic mass is 9.96. The van der Waals surface area contributed by atoms with Crippen molar-refractivity contribution in [2.75, 3.05) is 39.4 Å². The summed E-state index contributed by atoms with van der Waals surface area (Å²) < 4.78 is 7.16. The Labute approximate surface area is 198 Å². The molecule has 1 aromatic carbocycles. The van der Waals surface area contributed by atoms with Crippen LogP contribution < -0.4 is 0 Å². The number of benzene rings is 1. The van der Waals surface area contributed by atoms with E-state index in [2.05, 4.69) is 9.88 Å². The molecule has 3 aromatic rings. The minimum atomic E-state index is -0.664. The van der Waals surface area contributed by atoms with Crippen molar-refractivity contribution in [3.63, 3.8) is 0 Å². The number of aliphatic hydroxyl groups excluding tert-OH is 1. The summed E-state index contributed by atoms with van der Waals surface area (Å²) >= 11 is 0. The highest BCUT2D eigenvalue weighted by molar-refractivity contribution is 6.46. The van der Waals surface area contributed by atoms with Crippen LogP contribution in [-0.2, 0) is 14.3 Å². The number of amides is 1. The van der Waals surface area contributed by atoms with Crippen LogP contribution in [0.2, 0.25) is 0 Å². The minimum absolute atomic E-state index is 0.108. The van der Waals surface area contributed by atoms with E-state index < -0.39 is 17.7 Å². The van der Waals surface area contributed by atoms with Gasteiger partial charge >= 0.3 is 0 Å². The fraction of sp³-hybridized carbons (Fsp3) is 0.346. The van der Waals surface area contributed by atoms with Crippen LogP contribution in [0.5, 0.6) is 0 Å². The lowest BCUT2D eigenvalue weighted by Gasteiger charge is -2.29. The second-order valence-electron chi connectivity index (χ2n) is 8.69. The number of ketones is 1. The lowest BCUT2D eigenvalue weighted by molar-refractivity contribution is -0.140. The van der Waals surface area contributed by atoms with E-state index in [9.17, 15) is 14.7 Å². The maximum absolute atomic E-state index is 13.3.